The van der Waals surface area contributed by atoms with Crippen LogP contribution in [0.1, 0.15) is 22.8 Å². The van der Waals surface area contributed by atoms with Gasteiger partial charge in [-0.25, -0.2) is 0 Å². The number of halogens is 1. The second kappa shape index (κ2) is 3.83. The molecule has 0 radical (unpaired) electrons. The number of benzene rings is 1. The Morgan fingerprint density at radius 2 is 2.29 bits per heavy atom. The standard InChI is InChI=1S/C11H9BrOS/c1-2-7-6-14-11-3-8(5-13)10(12)4-9(7)11/h3-6H,2H2,1H3. The Morgan fingerprint density at radius 1 is 1.50 bits per heavy atom. The lowest BCUT2D eigenvalue weighted by Crippen LogP contribution is -1.82. The van der Waals surface area contributed by atoms with Gasteiger partial charge in [-0.05, 0) is 34.9 Å². The molecule has 1 aromatic heterocycles. The first-order chi connectivity index (χ1) is 6.76. The Morgan fingerprint density at radius 3 is 2.93 bits per heavy atom. The first-order valence-corrected chi connectivity index (χ1v) is 6.08. The summed E-state index contributed by atoms with van der Waals surface area (Å²) >= 11 is 5.10. The molecular formula is C11H9BrOS. The molecule has 3 heteroatoms. The Balaban J connectivity index is 2.75. The summed E-state index contributed by atoms with van der Waals surface area (Å²) in [5.74, 6) is 0. The third kappa shape index (κ3) is 1.51. The Bertz CT molecular complexity index is 487. The lowest BCUT2D eigenvalue weighted by atomic mass is 10.1. The van der Waals surface area contributed by atoms with E-state index in [9.17, 15) is 4.79 Å². The molecule has 0 fully saturated rings. The summed E-state index contributed by atoms with van der Waals surface area (Å²) in [6.07, 6.45) is 1.92. The number of carbonyl (C=O) groups is 1. The monoisotopic (exact) mass is 268 g/mol. The molecule has 72 valence electrons. The van der Waals surface area contributed by atoms with Crippen molar-refractivity contribution in [3.8, 4) is 0 Å². The summed E-state index contributed by atoms with van der Waals surface area (Å²) in [4.78, 5) is 10.7. The normalized spacial score (nSPS) is 10.7. The van der Waals surface area contributed by atoms with Crippen LogP contribution < -0.4 is 0 Å². The molecule has 0 aliphatic rings. The number of thiophene rings is 1. The summed E-state index contributed by atoms with van der Waals surface area (Å²) in [6.45, 7) is 2.14. The Labute approximate surface area is 94.9 Å². The zero-order valence-corrected chi connectivity index (χ0v) is 10.1. The van der Waals surface area contributed by atoms with E-state index in [0.29, 0.717) is 0 Å². The first kappa shape index (κ1) is 9.87. The average Bonchev–Trinajstić information content (AvgIpc) is 2.58. The van der Waals surface area contributed by atoms with E-state index in [4.69, 9.17) is 0 Å². The van der Waals surface area contributed by atoms with Gasteiger partial charge in [0.1, 0.15) is 0 Å². The van der Waals surface area contributed by atoms with Crippen LogP contribution in [0.3, 0.4) is 0 Å². The van der Waals surface area contributed by atoms with Gasteiger partial charge in [0.15, 0.2) is 6.29 Å². The van der Waals surface area contributed by atoms with Crippen LogP contribution in [0.2, 0.25) is 0 Å². The molecule has 1 nitrogen and oxygen atoms in total. The van der Waals surface area contributed by atoms with E-state index in [-0.39, 0.29) is 0 Å². The molecule has 0 atom stereocenters. The second-order valence-electron chi connectivity index (χ2n) is 3.10. The summed E-state index contributed by atoms with van der Waals surface area (Å²) in [5.41, 5.74) is 2.07. The van der Waals surface area contributed by atoms with Crippen molar-refractivity contribution in [2.24, 2.45) is 0 Å². The van der Waals surface area contributed by atoms with Crippen molar-refractivity contribution in [1.82, 2.24) is 0 Å². The molecule has 0 bridgehead atoms. The van der Waals surface area contributed by atoms with Gasteiger partial charge in [0.05, 0.1) is 0 Å². The minimum Gasteiger partial charge on any atom is -0.298 e. The number of fused-ring (bicyclic) bond motifs is 1. The van der Waals surface area contributed by atoms with E-state index in [0.717, 1.165) is 22.7 Å². The van der Waals surface area contributed by atoms with Crippen LogP contribution >= 0.6 is 27.3 Å². The van der Waals surface area contributed by atoms with Crippen LogP contribution in [0.25, 0.3) is 10.1 Å². The maximum atomic E-state index is 10.7. The highest BCUT2D eigenvalue weighted by Crippen LogP contribution is 2.31. The van der Waals surface area contributed by atoms with Gasteiger partial charge in [-0.2, -0.15) is 0 Å². The molecule has 2 aromatic rings. The van der Waals surface area contributed by atoms with E-state index < -0.39 is 0 Å². The van der Waals surface area contributed by atoms with Gasteiger partial charge in [-0.1, -0.05) is 22.9 Å². The van der Waals surface area contributed by atoms with Crippen LogP contribution in [0, 0.1) is 0 Å². The van der Waals surface area contributed by atoms with Crippen LogP contribution in [0.15, 0.2) is 22.0 Å². The van der Waals surface area contributed by atoms with E-state index in [2.05, 4.69) is 28.2 Å². The Kier molecular flexibility index (Phi) is 2.70. The number of carbonyl (C=O) groups excluding carboxylic acids is 1. The number of hydrogen-bond donors (Lipinski definition) is 0. The lowest BCUT2D eigenvalue weighted by Gasteiger charge is -1.98. The number of rotatable bonds is 2. The highest BCUT2D eigenvalue weighted by atomic mass is 79.9. The minimum atomic E-state index is 0.724. The fraction of sp³-hybridized carbons (Fsp3) is 0.182. The molecule has 0 spiro atoms. The van der Waals surface area contributed by atoms with Gasteiger partial charge < -0.3 is 0 Å². The molecule has 2 rings (SSSR count). The zero-order chi connectivity index (χ0) is 10.1. The molecule has 0 aliphatic carbocycles. The highest BCUT2D eigenvalue weighted by molar-refractivity contribution is 9.10. The first-order valence-electron chi connectivity index (χ1n) is 4.41. The Hall–Kier alpha value is -0.670. The molecule has 0 amide bonds. The molecule has 0 saturated heterocycles. The maximum absolute atomic E-state index is 10.7. The van der Waals surface area contributed by atoms with E-state index in [1.54, 1.807) is 11.3 Å². The van der Waals surface area contributed by atoms with Gasteiger partial charge in [-0.15, -0.1) is 11.3 Å². The molecule has 14 heavy (non-hydrogen) atoms. The van der Waals surface area contributed by atoms with Gasteiger partial charge in [0.25, 0.3) is 0 Å². The fourth-order valence-corrected chi connectivity index (χ4v) is 2.99. The van der Waals surface area contributed by atoms with Crippen LogP contribution in [0.4, 0.5) is 0 Å². The minimum absolute atomic E-state index is 0.724. The van der Waals surface area contributed by atoms with Crippen LogP contribution in [-0.4, -0.2) is 6.29 Å². The van der Waals surface area contributed by atoms with Crippen molar-refractivity contribution in [2.45, 2.75) is 13.3 Å². The molecule has 0 unspecified atom stereocenters. The number of hydrogen-bond acceptors (Lipinski definition) is 2. The summed E-state index contributed by atoms with van der Waals surface area (Å²) in [6, 6.07) is 3.98. The van der Waals surface area contributed by atoms with Gasteiger partial charge in [0, 0.05) is 14.7 Å². The van der Waals surface area contributed by atoms with Gasteiger partial charge >= 0.3 is 0 Å². The summed E-state index contributed by atoms with van der Waals surface area (Å²) in [7, 11) is 0. The molecule has 1 aromatic carbocycles. The van der Waals surface area contributed by atoms with Crippen molar-refractivity contribution in [2.75, 3.05) is 0 Å². The SMILES string of the molecule is CCc1csc2cc(C=O)c(Br)cc12. The van der Waals surface area contributed by atoms with Gasteiger partial charge in [0.2, 0.25) is 0 Å². The average molecular weight is 269 g/mol. The van der Waals surface area contributed by atoms with Crippen LogP contribution in [-0.2, 0) is 6.42 Å². The van der Waals surface area contributed by atoms with Crippen molar-refractivity contribution in [3.63, 3.8) is 0 Å². The smallest absolute Gasteiger partial charge is 0.151 e. The topological polar surface area (TPSA) is 17.1 Å². The summed E-state index contributed by atoms with van der Waals surface area (Å²) in [5, 5.41) is 3.42. The molecule has 0 N–H and O–H groups in total. The van der Waals surface area contributed by atoms with Crippen LogP contribution in [0.5, 0.6) is 0 Å². The van der Waals surface area contributed by atoms with Crippen molar-refractivity contribution < 1.29 is 4.79 Å². The lowest BCUT2D eigenvalue weighted by molar-refractivity contribution is 0.112. The predicted molar refractivity (Wildman–Crippen MR) is 64.3 cm³/mol. The fourth-order valence-electron chi connectivity index (χ4n) is 1.48. The number of aldehydes is 1. The van der Waals surface area contributed by atoms with Crippen molar-refractivity contribution >= 4 is 43.6 Å². The zero-order valence-electron chi connectivity index (χ0n) is 7.71. The van der Waals surface area contributed by atoms with Gasteiger partial charge in [-0.3, -0.25) is 4.79 Å². The van der Waals surface area contributed by atoms with E-state index in [1.807, 2.05) is 12.1 Å². The van der Waals surface area contributed by atoms with E-state index >= 15 is 0 Å². The molecule has 0 aliphatic heterocycles. The second-order valence-corrected chi connectivity index (χ2v) is 4.87. The maximum Gasteiger partial charge on any atom is 0.151 e. The number of aryl methyl sites for hydroxylation is 1. The molecular weight excluding hydrogens is 260 g/mol. The predicted octanol–water partition coefficient (Wildman–Crippen LogP) is 4.04. The van der Waals surface area contributed by atoms with E-state index in [1.165, 1.54) is 15.6 Å². The summed E-state index contributed by atoms with van der Waals surface area (Å²) < 4.78 is 2.07. The highest BCUT2D eigenvalue weighted by Gasteiger charge is 2.06. The molecule has 1 heterocycles. The third-order valence-electron chi connectivity index (χ3n) is 2.28. The third-order valence-corrected chi connectivity index (χ3v) is 3.96. The molecule has 0 saturated carbocycles. The van der Waals surface area contributed by atoms with Crippen molar-refractivity contribution in [1.29, 1.82) is 0 Å². The largest absolute Gasteiger partial charge is 0.298 e. The quantitative estimate of drug-likeness (QED) is 0.752. The van der Waals surface area contributed by atoms with Crippen molar-refractivity contribution in [3.05, 3.63) is 33.1 Å².